The second-order valence-corrected chi connectivity index (χ2v) is 7.24. The van der Waals surface area contributed by atoms with Crippen LogP contribution in [0.5, 0.6) is 0 Å². The third kappa shape index (κ3) is 2.44. The lowest BCUT2D eigenvalue weighted by molar-refractivity contribution is -0.138. The smallest absolute Gasteiger partial charge is 0.421 e. The lowest BCUT2D eigenvalue weighted by atomic mass is 9.63. The van der Waals surface area contributed by atoms with Crippen LogP contribution in [0.1, 0.15) is 44.1 Å². The minimum Gasteiger partial charge on any atom is -0.445 e. The number of aryl methyl sites for hydroxylation is 1. The molecule has 0 bridgehead atoms. The zero-order valence-corrected chi connectivity index (χ0v) is 13.5. The number of benzene rings is 1. The molecule has 1 saturated heterocycles. The number of imide groups is 1. The van der Waals surface area contributed by atoms with E-state index < -0.39 is 6.09 Å². The Bertz CT molecular complexity index is 624. The number of rotatable bonds is 1. The molecule has 1 aliphatic heterocycles. The number of nitrogens with zero attached hydrogens (tertiary/aromatic N) is 1. The highest BCUT2D eigenvalue weighted by molar-refractivity contribution is 6.14. The van der Waals surface area contributed by atoms with E-state index in [4.69, 9.17) is 4.74 Å². The molecule has 2 amide bonds. The molecule has 1 aromatic carbocycles. The van der Waals surface area contributed by atoms with Crippen LogP contribution in [0.2, 0.25) is 0 Å². The van der Waals surface area contributed by atoms with Gasteiger partial charge in [-0.05, 0) is 50.2 Å². The van der Waals surface area contributed by atoms with Crippen molar-refractivity contribution in [3.8, 4) is 0 Å². The molecule has 0 radical (unpaired) electrons. The highest BCUT2D eigenvalue weighted by atomic mass is 16.6. The number of anilines is 1. The van der Waals surface area contributed by atoms with Crippen molar-refractivity contribution in [3.63, 3.8) is 0 Å². The molecule has 4 unspecified atom stereocenters. The molecule has 122 valence electrons. The monoisotopic (exact) mass is 313 g/mol. The summed E-state index contributed by atoms with van der Waals surface area (Å²) in [6, 6.07) is 7.50. The highest BCUT2D eigenvalue weighted by Crippen LogP contribution is 2.47. The van der Waals surface area contributed by atoms with Gasteiger partial charge in [-0.2, -0.15) is 0 Å². The highest BCUT2D eigenvalue weighted by Gasteiger charge is 2.51. The Labute approximate surface area is 136 Å². The Morgan fingerprint density at radius 3 is 2.52 bits per heavy atom. The summed E-state index contributed by atoms with van der Waals surface area (Å²) in [5.74, 6) is 0.821. The summed E-state index contributed by atoms with van der Waals surface area (Å²) in [5.41, 5.74) is 1.73. The quantitative estimate of drug-likeness (QED) is 0.785. The Morgan fingerprint density at radius 2 is 1.74 bits per heavy atom. The van der Waals surface area contributed by atoms with Crippen molar-refractivity contribution in [1.82, 2.24) is 0 Å². The van der Waals surface area contributed by atoms with Gasteiger partial charge < -0.3 is 4.74 Å². The predicted molar refractivity (Wildman–Crippen MR) is 87.1 cm³/mol. The van der Waals surface area contributed by atoms with E-state index >= 15 is 0 Å². The van der Waals surface area contributed by atoms with Gasteiger partial charge >= 0.3 is 6.09 Å². The van der Waals surface area contributed by atoms with Crippen molar-refractivity contribution in [2.75, 3.05) is 4.90 Å². The number of fused-ring (bicyclic) bond motifs is 3. The third-order valence-corrected chi connectivity index (χ3v) is 5.88. The molecule has 3 fully saturated rings. The molecular formula is C19H23NO3. The van der Waals surface area contributed by atoms with Crippen molar-refractivity contribution in [3.05, 3.63) is 29.8 Å². The zero-order chi connectivity index (χ0) is 16.0. The molecule has 0 spiro atoms. The summed E-state index contributed by atoms with van der Waals surface area (Å²) < 4.78 is 5.67. The maximum Gasteiger partial charge on any atom is 0.421 e. The van der Waals surface area contributed by atoms with Gasteiger partial charge in [0.1, 0.15) is 6.10 Å². The van der Waals surface area contributed by atoms with Gasteiger partial charge in [-0.3, -0.25) is 4.79 Å². The summed E-state index contributed by atoms with van der Waals surface area (Å²) in [4.78, 5) is 26.8. The molecule has 2 aliphatic carbocycles. The van der Waals surface area contributed by atoms with E-state index in [1.807, 2.05) is 31.2 Å². The summed E-state index contributed by atoms with van der Waals surface area (Å²) >= 11 is 0. The standard InChI is InChI=1S/C19H23NO3/c1-12-6-9-14(10-7-12)20-18(21)17-15-5-3-2-4-13(15)8-11-16(17)23-19(20)22/h6-7,9-10,13,15-17H,2-5,8,11H2,1H3. The van der Waals surface area contributed by atoms with E-state index in [0.29, 0.717) is 17.5 Å². The first kappa shape index (κ1) is 14.7. The Balaban J connectivity index is 1.66. The van der Waals surface area contributed by atoms with Gasteiger partial charge in [-0.1, -0.05) is 37.0 Å². The van der Waals surface area contributed by atoms with Crippen LogP contribution in [0.25, 0.3) is 0 Å². The molecular weight excluding hydrogens is 290 g/mol. The van der Waals surface area contributed by atoms with E-state index in [0.717, 1.165) is 24.8 Å². The molecule has 0 N–H and O–H groups in total. The van der Waals surface area contributed by atoms with Gasteiger partial charge in [0.2, 0.25) is 5.91 Å². The normalized spacial score (nSPS) is 33.7. The fraction of sp³-hybridized carbons (Fsp3) is 0.579. The topological polar surface area (TPSA) is 46.6 Å². The van der Waals surface area contributed by atoms with Crippen LogP contribution in [-0.2, 0) is 9.53 Å². The maximum atomic E-state index is 13.1. The van der Waals surface area contributed by atoms with Crippen LogP contribution < -0.4 is 4.90 Å². The van der Waals surface area contributed by atoms with Gasteiger partial charge in [-0.15, -0.1) is 0 Å². The lowest BCUT2D eigenvalue weighted by Gasteiger charge is -2.47. The zero-order valence-electron chi connectivity index (χ0n) is 13.5. The SMILES string of the molecule is Cc1ccc(N2C(=O)OC3CCC4CCCCC4C3C2=O)cc1. The number of carbonyl (C=O) groups is 2. The van der Waals surface area contributed by atoms with E-state index in [2.05, 4.69) is 0 Å². The van der Waals surface area contributed by atoms with E-state index in [1.54, 1.807) is 0 Å². The van der Waals surface area contributed by atoms with Crippen LogP contribution in [-0.4, -0.2) is 18.1 Å². The molecule has 3 aliphatic rings. The van der Waals surface area contributed by atoms with Crippen molar-refractivity contribution < 1.29 is 14.3 Å². The van der Waals surface area contributed by atoms with Gasteiger partial charge in [0.05, 0.1) is 11.6 Å². The van der Waals surface area contributed by atoms with Crippen LogP contribution in [0.4, 0.5) is 10.5 Å². The van der Waals surface area contributed by atoms with E-state index in [1.165, 1.54) is 24.2 Å². The Kier molecular flexibility index (Phi) is 3.63. The second kappa shape index (κ2) is 5.66. The number of hydrogen-bond acceptors (Lipinski definition) is 3. The molecule has 1 heterocycles. The van der Waals surface area contributed by atoms with E-state index in [9.17, 15) is 9.59 Å². The third-order valence-electron chi connectivity index (χ3n) is 5.88. The fourth-order valence-electron chi connectivity index (χ4n) is 4.72. The number of carbonyl (C=O) groups excluding carboxylic acids is 2. The average molecular weight is 313 g/mol. The minimum atomic E-state index is -0.505. The molecule has 2 saturated carbocycles. The molecule has 4 rings (SSSR count). The Morgan fingerprint density at radius 1 is 1.00 bits per heavy atom. The first-order valence-corrected chi connectivity index (χ1v) is 8.76. The molecule has 23 heavy (non-hydrogen) atoms. The van der Waals surface area contributed by atoms with Crippen LogP contribution in [0.15, 0.2) is 24.3 Å². The van der Waals surface area contributed by atoms with Crippen molar-refractivity contribution in [1.29, 1.82) is 0 Å². The fourth-order valence-corrected chi connectivity index (χ4v) is 4.72. The number of amides is 2. The summed E-state index contributed by atoms with van der Waals surface area (Å²) in [6.07, 6.45) is 5.99. The molecule has 4 atom stereocenters. The first-order chi connectivity index (χ1) is 11.1. The van der Waals surface area contributed by atoms with Gasteiger partial charge in [0, 0.05) is 0 Å². The largest absolute Gasteiger partial charge is 0.445 e. The number of ether oxygens (including phenoxy) is 1. The summed E-state index contributed by atoms with van der Waals surface area (Å²) in [7, 11) is 0. The predicted octanol–water partition coefficient (Wildman–Crippen LogP) is 4.06. The van der Waals surface area contributed by atoms with Crippen LogP contribution in [0.3, 0.4) is 0 Å². The minimum absolute atomic E-state index is 0.0493. The van der Waals surface area contributed by atoms with Crippen LogP contribution in [0, 0.1) is 24.7 Å². The van der Waals surface area contributed by atoms with Crippen molar-refractivity contribution >= 4 is 17.7 Å². The number of hydrogen-bond donors (Lipinski definition) is 0. The van der Waals surface area contributed by atoms with Crippen molar-refractivity contribution in [2.24, 2.45) is 17.8 Å². The summed E-state index contributed by atoms with van der Waals surface area (Å²) in [5, 5.41) is 0. The summed E-state index contributed by atoms with van der Waals surface area (Å²) in [6.45, 7) is 1.99. The van der Waals surface area contributed by atoms with Gasteiger partial charge in [0.25, 0.3) is 0 Å². The van der Waals surface area contributed by atoms with Gasteiger partial charge in [-0.25, -0.2) is 9.69 Å². The maximum absolute atomic E-state index is 13.1. The molecule has 4 heteroatoms. The Hall–Kier alpha value is -1.84. The molecule has 1 aromatic rings. The first-order valence-electron chi connectivity index (χ1n) is 8.76. The average Bonchev–Trinajstić information content (AvgIpc) is 2.56. The lowest BCUT2D eigenvalue weighted by Crippen LogP contribution is -2.58. The van der Waals surface area contributed by atoms with Crippen molar-refractivity contribution in [2.45, 2.75) is 51.6 Å². The van der Waals surface area contributed by atoms with E-state index in [-0.39, 0.29) is 17.9 Å². The molecule has 0 aromatic heterocycles. The molecule has 4 nitrogen and oxygen atoms in total. The van der Waals surface area contributed by atoms with Gasteiger partial charge in [0.15, 0.2) is 0 Å². The second-order valence-electron chi connectivity index (χ2n) is 7.24. The van der Waals surface area contributed by atoms with Crippen LogP contribution >= 0.6 is 0 Å².